The molecule has 5 heteroatoms. The lowest BCUT2D eigenvalue weighted by atomic mass is 10.2. The van der Waals surface area contributed by atoms with Crippen molar-refractivity contribution in [2.24, 2.45) is 0 Å². The summed E-state index contributed by atoms with van der Waals surface area (Å²) >= 11 is 1.59. The van der Waals surface area contributed by atoms with Crippen molar-refractivity contribution in [3.05, 3.63) is 35.5 Å². The van der Waals surface area contributed by atoms with Crippen LogP contribution in [0.5, 0.6) is 0 Å². The van der Waals surface area contributed by atoms with Gasteiger partial charge in [0.15, 0.2) is 0 Å². The van der Waals surface area contributed by atoms with Gasteiger partial charge in [0.05, 0.1) is 18.0 Å². The molecular formula is C13H17N3OS. The maximum Gasteiger partial charge on any atom is 0.142 e. The van der Waals surface area contributed by atoms with Gasteiger partial charge in [-0.2, -0.15) is 0 Å². The van der Waals surface area contributed by atoms with Crippen molar-refractivity contribution in [3.63, 3.8) is 0 Å². The van der Waals surface area contributed by atoms with E-state index in [1.807, 2.05) is 30.5 Å². The first-order chi connectivity index (χ1) is 8.83. The fourth-order valence-electron chi connectivity index (χ4n) is 1.58. The number of thiazole rings is 1. The average Bonchev–Trinajstić information content (AvgIpc) is 2.90. The maximum absolute atomic E-state index is 9.10. The molecule has 0 amide bonds. The highest BCUT2D eigenvalue weighted by atomic mass is 32.1. The van der Waals surface area contributed by atoms with Crippen LogP contribution in [0, 0.1) is 0 Å². The van der Waals surface area contributed by atoms with Gasteiger partial charge in [-0.25, -0.2) is 4.98 Å². The largest absolute Gasteiger partial charge is 0.395 e. The van der Waals surface area contributed by atoms with E-state index >= 15 is 0 Å². The molecule has 0 aliphatic rings. The van der Waals surface area contributed by atoms with Crippen LogP contribution in [0.1, 0.15) is 19.0 Å². The molecule has 96 valence electrons. The zero-order valence-corrected chi connectivity index (χ0v) is 11.2. The smallest absolute Gasteiger partial charge is 0.142 e. The van der Waals surface area contributed by atoms with E-state index in [0.29, 0.717) is 6.54 Å². The van der Waals surface area contributed by atoms with E-state index in [4.69, 9.17) is 5.11 Å². The van der Waals surface area contributed by atoms with E-state index in [-0.39, 0.29) is 12.6 Å². The second kappa shape index (κ2) is 6.58. The summed E-state index contributed by atoms with van der Waals surface area (Å²) in [5.41, 5.74) is 1.90. The number of aliphatic hydroxyl groups is 1. The third-order valence-electron chi connectivity index (χ3n) is 2.72. The molecule has 0 bridgehead atoms. The van der Waals surface area contributed by atoms with Crippen LogP contribution in [0.4, 0.5) is 0 Å². The maximum atomic E-state index is 9.10. The Morgan fingerprint density at radius 3 is 3.00 bits per heavy atom. The van der Waals surface area contributed by atoms with E-state index in [1.165, 1.54) is 0 Å². The van der Waals surface area contributed by atoms with Gasteiger partial charge >= 0.3 is 0 Å². The van der Waals surface area contributed by atoms with Crippen molar-refractivity contribution in [2.75, 3.05) is 6.61 Å². The summed E-state index contributed by atoms with van der Waals surface area (Å²) in [7, 11) is 0. The Hall–Kier alpha value is -1.30. The van der Waals surface area contributed by atoms with Crippen molar-refractivity contribution in [1.29, 1.82) is 0 Å². The van der Waals surface area contributed by atoms with E-state index < -0.39 is 0 Å². The summed E-state index contributed by atoms with van der Waals surface area (Å²) in [6, 6.07) is 5.95. The predicted octanol–water partition coefficient (Wildman–Crippen LogP) is 2.07. The van der Waals surface area contributed by atoms with Crippen LogP contribution >= 0.6 is 11.3 Å². The first kappa shape index (κ1) is 13.1. The number of nitrogens with one attached hydrogen (secondary N) is 1. The molecule has 0 fully saturated rings. The number of hydrogen-bond acceptors (Lipinski definition) is 5. The van der Waals surface area contributed by atoms with Gasteiger partial charge in [-0.05, 0) is 18.6 Å². The monoisotopic (exact) mass is 263 g/mol. The van der Waals surface area contributed by atoms with Crippen molar-refractivity contribution < 1.29 is 5.11 Å². The molecule has 4 nitrogen and oxygen atoms in total. The fraction of sp³-hybridized carbons (Fsp3) is 0.385. The average molecular weight is 263 g/mol. The number of hydrogen-bond donors (Lipinski definition) is 2. The lowest BCUT2D eigenvalue weighted by Gasteiger charge is -2.12. The van der Waals surface area contributed by atoms with E-state index in [9.17, 15) is 0 Å². The molecule has 1 atom stereocenters. The molecule has 0 aromatic carbocycles. The van der Waals surface area contributed by atoms with Gasteiger partial charge in [0.2, 0.25) is 0 Å². The molecule has 0 radical (unpaired) electrons. The zero-order valence-electron chi connectivity index (χ0n) is 10.3. The standard InChI is InChI=1S/C13H17N3OS/c1-2-10(8-17)15-7-11-9-18-13(16-11)12-5-3-4-6-14-12/h3-6,9-10,15,17H,2,7-8H2,1H3/t10-/m1/s1. The first-order valence-electron chi connectivity index (χ1n) is 6.03. The summed E-state index contributed by atoms with van der Waals surface area (Å²) in [5, 5.41) is 15.3. The van der Waals surface area contributed by atoms with Crippen molar-refractivity contribution in [3.8, 4) is 10.7 Å². The summed E-state index contributed by atoms with van der Waals surface area (Å²) < 4.78 is 0. The molecule has 0 saturated carbocycles. The zero-order chi connectivity index (χ0) is 12.8. The summed E-state index contributed by atoms with van der Waals surface area (Å²) in [6.07, 6.45) is 2.68. The lowest BCUT2D eigenvalue weighted by molar-refractivity contribution is 0.238. The van der Waals surface area contributed by atoms with Gasteiger partial charge < -0.3 is 10.4 Å². The van der Waals surface area contributed by atoms with Crippen LogP contribution in [0.2, 0.25) is 0 Å². The summed E-state index contributed by atoms with van der Waals surface area (Å²) in [4.78, 5) is 8.81. The lowest BCUT2D eigenvalue weighted by Crippen LogP contribution is -2.31. The van der Waals surface area contributed by atoms with Crippen LogP contribution < -0.4 is 5.32 Å². The van der Waals surface area contributed by atoms with Crippen LogP contribution in [-0.2, 0) is 6.54 Å². The van der Waals surface area contributed by atoms with Crippen molar-refractivity contribution in [1.82, 2.24) is 15.3 Å². The van der Waals surface area contributed by atoms with Crippen LogP contribution in [-0.4, -0.2) is 27.7 Å². The molecule has 0 aliphatic heterocycles. The van der Waals surface area contributed by atoms with Gasteiger partial charge in [0.25, 0.3) is 0 Å². The highest BCUT2D eigenvalue weighted by Crippen LogP contribution is 2.21. The van der Waals surface area contributed by atoms with Gasteiger partial charge in [0.1, 0.15) is 5.01 Å². The van der Waals surface area contributed by atoms with E-state index in [0.717, 1.165) is 22.8 Å². The molecular weight excluding hydrogens is 246 g/mol. The summed E-state index contributed by atoms with van der Waals surface area (Å²) in [6.45, 7) is 2.89. The number of aliphatic hydroxyl groups excluding tert-OH is 1. The number of nitrogens with zero attached hydrogens (tertiary/aromatic N) is 2. The van der Waals surface area contributed by atoms with Gasteiger partial charge in [-0.15, -0.1) is 11.3 Å². The number of aromatic nitrogens is 2. The molecule has 2 heterocycles. The third-order valence-corrected chi connectivity index (χ3v) is 3.63. The molecule has 2 N–H and O–H groups in total. The fourth-order valence-corrected chi connectivity index (χ4v) is 2.38. The van der Waals surface area contributed by atoms with E-state index in [2.05, 4.69) is 15.3 Å². The normalized spacial score (nSPS) is 12.6. The quantitative estimate of drug-likeness (QED) is 0.837. The predicted molar refractivity (Wildman–Crippen MR) is 73.3 cm³/mol. The molecule has 0 aliphatic carbocycles. The Morgan fingerprint density at radius 1 is 1.44 bits per heavy atom. The Kier molecular flexibility index (Phi) is 4.81. The third kappa shape index (κ3) is 3.35. The van der Waals surface area contributed by atoms with Gasteiger partial charge in [0, 0.05) is 24.2 Å². The highest BCUT2D eigenvalue weighted by molar-refractivity contribution is 7.13. The Balaban J connectivity index is 1.98. The molecule has 0 spiro atoms. The highest BCUT2D eigenvalue weighted by Gasteiger charge is 2.07. The second-order valence-corrected chi connectivity index (χ2v) is 4.89. The first-order valence-corrected chi connectivity index (χ1v) is 6.91. The number of rotatable bonds is 6. The Morgan fingerprint density at radius 2 is 2.33 bits per heavy atom. The van der Waals surface area contributed by atoms with Crippen LogP contribution in [0.25, 0.3) is 10.7 Å². The minimum Gasteiger partial charge on any atom is -0.395 e. The second-order valence-electron chi connectivity index (χ2n) is 4.03. The topological polar surface area (TPSA) is 58.0 Å². The SMILES string of the molecule is CC[C@H](CO)NCc1csc(-c2ccccn2)n1. The minimum atomic E-state index is 0.144. The van der Waals surface area contributed by atoms with Crippen LogP contribution in [0.3, 0.4) is 0 Å². The molecule has 2 aromatic rings. The Labute approximate surface area is 111 Å². The number of pyridine rings is 1. The molecule has 0 unspecified atom stereocenters. The van der Waals surface area contributed by atoms with Crippen molar-refractivity contribution >= 4 is 11.3 Å². The summed E-state index contributed by atoms with van der Waals surface area (Å²) in [5.74, 6) is 0. The van der Waals surface area contributed by atoms with E-state index in [1.54, 1.807) is 17.5 Å². The molecule has 18 heavy (non-hydrogen) atoms. The van der Waals surface area contributed by atoms with Gasteiger partial charge in [-0.3, -0.25) is 4.98 Å². The molecule has 0 saturated heterocycles. The van der Waals surface area contributed by atoms with Crippen LogP contribution in [0.15, 0.2) is 29.8 Å². The van der Waals surface area contributed by atoms with Crippen molar-refractivity contribution in [2.45, 2.75) is 25.9 Å². The van der Waals surface area contributed by atoms with Gasteiger partial charge in [-0.1, -0.05) is 13.0 Å². The Bertz CT molecular complexity index is 468. The molecule has 2 aromatic heterocycles. The minimum absolute atomic E-state index is 0.144. The molecule has 2 rings (SSSR count).